The Morgan fingerprint density at radius 3 is 2.16 bits per heavy atom. The van der Waals surface area contributed by atoms with E-state index in [4.69, 9.17) is 14.3 Å². The Morgan fingerprint density at radius 2 is 1.50 bits per heavy atom. The topological polar surface area (TPSA) is 205 Å². The molecule has 0 aliphatic carbocycles. The number of benzene rings is 3. The number of ether oxygens (including phenoxy) is 4. The van der Waals surface area contributed by atoms with Gasteiger partial charge in [-0.3, -0.25) is 28.8 Å². The standard InChI is InChI=1S/C42H52N4O12/c1-6-8-10-18-32(35(7-2)46(27-47)58-24-28-14-11-9-12-15-28)40(51)44-26-43-39(50)31-17-13-16-29(21-31)30-19-20-33(36(22-30)57-25-38(49)55-4)41(52)45-34(42(53)56-5)23-37(48)54-3/h9,11-17,19-22,27,32,34-35H,6-8,10,18,23-26H2,1-5H3,(H,43,50)(H,44,51)(H,45,52)/t32-,34+,35-/m1/s1. The molecular weight excluding hydrogens is 752 g/mol. The molecule has 4 amide bonds. The Balaban J connectivity index is 1.77. The minimum Gasteiger partial charge on any atom is -0.481 e. The molecule has 0 saturated heterocycles. The van der Waals surface area contributed by atoms with Crippen molar-refractivity contribution in [2.24, 2.45) is 5.92 Å². The van der Waals surface area contributed by atoms with Crippen molar-refractivity contribution in [3.05, 3.63) is 89.5 Å². The number of hydrogen-bond acceptors (Lipinski definition) is 12. The van der Waals surface area contributed by atoms with E-state index in [2.05, 4.69) is 32.3 Å². The summed E-state index contributed by atoms with van der Waals surface area (Å²) in [5, 5.41) is 9.16. The van der Waals surface area contributed by atoms with Crippen LogP contribution in [0.1, 0.15) is 78.7 Å². The van der Waals surface area contributed by atoms with Crippen LogP contribution in [0.15, 0.2) is 72.8 Å². The number of carbonyl (C=O) groups excluding carboxylic acids is 7. The zero-order valence-electron chi connectivity index (χ0n) is 33.4. The molecule has 0 aromatic heterocycles. The molecule has 312 valence electrons. The Morgan fingerprint density at radius 1 is 0.776 bits per heavy atom. The van der Waals surface area contributed by atoms with E-state index >= 15 is 0 Å². The number of amides is 4. The van der Waals surface area contributed by atoms with Crippen molar-refractivity contribution in [3.8, 4) is 16.9 Å². The minimum atomic E-state index is -1.37. The molecule has 0 fully saturated rings. The zero-order chi connectivity index (χ0) is 42.5. The normalized spacial score (nSPS) is 12.2. The second-order valence-electron chi connectivity index (χ2n) is 13.0. The predicted octanol–water partition coefficient (Wildman–Crippen LogP) is 4.11. The summed E-state index contributed by atoms with van der Waals surface area (Å²) in [5.41, 5.74) is 2.08. The second kappa shape index (κ2) is 24.4. The van der Waals surface area contributed by atoms with Gasteiger partial charge in [0.1, 0.15) is 18.4 Å². The maximum Gasteiger partial charge on any atom is 0.343 e. The van der Waals surface area contributed by atoms with Crippen LogP contribution in [-0.4, -0.2) is 93.8 Å². The number of nitrogens with one attached hydrogen (secondary N) is 3. The molecule has 3 atom stereocenters. The number of unbranched alkanes of at least 4 members (excludes halogenated alkanes) is 2. The van der Waals surface area contributed by atoms with Gasteiger partial charge >= 0.3 is 17.9 Å². The molecule has 3 N–H and O–H groups in total. The van der Waals surface area contributed by atoms with E-state index in [9.17, 15) is 33.6 Å². The molecule has 58 heavy (non-hydrogen) atoms. The van der Waals surface area contributed by atoms with Crippen LogP contribution in [0.2, 0.25) is 0 Å². The highest BCUT2D eigenvalue weighted by atomic mass is 16.7. The first-order valence-corrected chi connectivity index (χ1v) is 18.9. The molecule has 0 unspecified atom stereocenters. The summed E-state index contributed by atoms with van der Waals surface area (Å²) in [7, 11) is 3.41. The maximum atomic E-state index is 13.6. The van der Waals surface area contributed by atoms with Crippen molar-refractivity contribution in [1.82, 2.24) is 21.0 Å². The number of carbonyl (C=O) groups is 7. The summed E-state index contributed by atoms with van der Waals surface area (Å²) < 4.78 is 19.6. The molecule has 0 heterocycles. The van der Waals surface area contributed by atoms with E-state index in [1.807, 2.05) is 37.3 Å². The summed E-state index contributed by atoms with van der Waals surface area (Å²) in [4.78, 5) is 94.4. The Hall–Kier alpha value is -6.29. The number of esters is 3. The van der Waals surface area contributed by atoms with Crippen molar-refractivity contribution in [3.63, 3.8) is 0 Å². The van der Waals surface area contributed by atoms with Gasteiger partial charge in [-0.2, -0.15) is 0 Å². The molecule has 3 aromatic rings. The van der Waals surface area contributed by atoms with Gasteiger partial charge in [-0.25, -0.2) is 14.7 Å². The Kier molecular flexibility index (Phi) is 19.4. The van der Waals surface area contributed by atoms with Crippen molar-refractivity contribution >= 4 is 42.0 Å². The smallest absolute Gasteiger partial charge is 0.343 e. The number of hydrogen-bond donors (Lipinski definition) is 3. The van der Waals surface area contributed by atoms with Crippen LogP contribution in [0, 0.1) is 5.92 Å². The SMILES string of the molecule is CCCCC[C@@H](C(=O)NCNC(=O)c1cccc(-c2ccc(C(=O)N[C@@H](CC(=O)OC)C(=O)OC)c(OCC(=O)OC)c2)c1)[C@@H](CC)N(C=O)OCc1ccccc1. The van der Waals surface area contributed by atoms with E-state index in [-0.39, 0.29) is 36.1 Å². The fraction of sp³-hybridized carbons (Fsp3) is 0.405. The van der Waals surface area contributed by atoms with Gasteiger partial charge in [-0.05, 0) is 53.8 Å². The molecule has 0 saturated carbocycles. The van der Waals surface area contributed by atoms with Gasteiger partial charge in [0.15, 0.2) is 6.61 Å². The van der Waals surface area contributed by atoms with Crippen molar-refractivity contribution in [1.29, 1.82) is 0 Å². The van der Waals surface area contributed by atoms with E-state index in [0.717, 1.165) is 39.0 Å². The first-order valence-electron chi connectivity index (χ1n) is 18.9. The largest absolute Gasteiger partial charge is 0.481 e. The van der Waals surface area contributed by atoms with Crippen LogP contribution in [0.3, 0.4) is 0 Å². The lowest BCUT2D eigenvalue weighted by molar-refractivity contribution is -0.200. The Labute approximate surface area is 337 Å². The van der Waals surface area contributed by atoms with Gasteiger partial charge in [0.2, 0.25) is 12.3 Å². The van der Waals surface area contributed by atoms with Crippen LogP contribution in [-0.2, 0) is 49.6 Å². The third-order valence-electron chi connectivity index (χ3n) is 9.15. The monoisotopic (exact) mass is 804 g/mol. The van der Waals surface area contributed by atoms with Gasteiger partial charge in [0, 0.05) is 5.56 Å². The molecule has 3 rings (SSSR count). The second-order valence-corrected chi connectivity index (χ2v) is 13.0. The number of hydroxylamine groups is 2. The van der Waals surface area contributed by atoms with Gasteiger partial charge < -0.3 is 34.9 Å². The lowest BCUT2D eigenvalue weighted by atomic mass is 9.90. The molecule has 3 aromatic carbocycles. The highest BCUT2D eigenvalue weighted by Gasteiger charge is 2.32. The lowest BCUT2D eigenvalue weighted by Crippen LogP contribution is -2.48. The highest BCUT2D eigenvalue weighted by Crippen LogP contribution is 2.29. The molecule has 16 nitrogen and oxygen atoms in total. The number of methoxy groups -OCH3 is 3. The average molecular weight is 805 g/mol. The fourth-order valence-corrected chi connectivity index (χ4v) is 5.99. The van der Waals surface area contributed by atoms with Crippen LogP contribution in [0.25, 0.3) is 11.1 Å². The minimum absolute atomic E-state index is 0.0582. The van der Waals surface area contributed by atoms with Gasteiger partial charge in [-0.15, -0.1) is 0 Å². The Bertz CT molecular complexity index is 1850. The van der Waals surface area contributed by atoms with Crippen molar-refractivity contribution in [2.45, 2.75) is 71.1 Å². The summed E-state index contributed by atoms with van der Waals surface area (Å²) in [6.45, 7) is 3.36. The van der Waals surface area contributed by atoms with Crippen LogP contribution >= 0.6 is 0 Å². The summed E-state index contributed by atoms with van der Waals surface area (Å²) in [6, 6.07) is 18.4. The van der Waals surface area contributed by atoms with Crippen molar-refractivity contribution < 1.29 is 57.3 Å². The van der Waals surface area contributed by atoms with Crippen LogP contribution in [0.4, 0.5) is 0 Å². The summed E-state index contributed by atoms with van der Waals surface area (Å²) >= 11 is 0. The van der Waals surface area contributed by atoms with Crippen molar-refractivity contribution in [2.75, 3.05) is 34.6 Å². The predicted molar refractivity (Wildman–Crippen MR) is 211 cm³/mol. The molecule has 0 aliphatic heterocycles. The molecule has 16 heteroatoms. The third kappa shape index (κ3) is 14.0. The highest BCUT2D eigenvalue weighted by molar-refractivity contribution is 6.01. The van der Waals surface area contributed by atoms with Gasteiger partial charge in [-0.1, -0.05) is 81.6 Å². The molecule has 0 spiro atoms. The van der Waals surface area contributed by atoms with E-state index in [1.54, 1.807) is 30.3 Å². The number of rotatable bonds is 24. The quantitative estimate of drug-likeness (QED) is 0.0292. The van der Waals surface area contributed by atoms with Crippen LogP contribution < -0.4 is 20.7 Å². The zero-order valence-corrected chi connectivity index (χ0v) is 33.4. The summed E-state index contributed by atoms with van der Waals surface area (Å²) in [6.07, 6.45) is 3.68. The first kappa shape index (κ1) is 46.1. The van der Waals surface area contributed by atoms with Gasteiger partial charge in [0.05, 0.1) is 51.9 Å². The van der Waals surface area contributed by atoms with E-state index in [0.29, 0.717) is 30.4 Å². The summed E-state index contributed by atoms with van der Waals surface area (Å²) in [5.74, 6) is -4.66. The van der Waals surface area contributed by atoms with Crippen LogP contribution in [0.5, 0.6) is 5.75 Å². The van der Waals surface area contributed by atoms with E-state index in [1.165, 1.54) is 24.3 Å². The third-order valence-corrected chi connectivity index (χ3v) is 9.15. The number of nitrogens with zero attached hydrogens (tertiary/aromatic N) is 1. The van der Waals surface area contributed by atoms with E-state index < -0.39 is 60.8 Å². The molecule has 0 bridgehead atoms. The molecular formula is C42H52N4O12. The lowest BCUT2D eigenvalue weighted by Gasteiger charge is -2.32. The molecule has 0 aliphatic rings. The first-order chi connectivity index (χ1) is 28.0. The molecule has 0 radical (unpaired) electrons. The maximum absolute atomic E-state index is 13.6. The van der Waals surface area contributed by atoms with Gasteiger partial charge in [0.25, 0.3) is 11.8 Å². The average Bonchev–Trinajstić information content (AvgIpc) is 3.25. The fourth-order valence-electron chi connectivity index (χ4n) is 5.99.